The highest BCUT2D eigenvalue weighted by atomic mass is 16.5. The molecule has 0 unspecified atom stereocenters. The van der Waals surface area contributed by atoms with Gasteiger partial charge in [-0.05, 0) is 29.8 Å². The van der Waals surface area contributed by atoms with Gasteiger partial charge in [-0.3, -0.25) is 14.1 Å². The van der Waals surface area contributed by atoms with Gasteiger partial charge >= 0.3 is 5.69 Å². The summed E-state index contributed by atoms with van der Waals surface area (Å²) >= 11 is 0. The molecule has 0 spiro atoms. The summed E-state index contributed by atoms with van der Waals surface area (Å²) < 4.78 is 13.5. The Morgan fingerprint density at radius 2 is 1.75 bits per heavy atom. The quantitative estimate of drug-likeness (QED) is 0.469. The molecule has 0 aliphatic carbocycles. The first-order valence-corrected chi connectivity index (χ1v) is 9.82. The topological polar surface area (TPSA) is 110 Å². The van der Waals surface area contributed by atoms with Crippen LogP contribution in [0, 0.1) is 0 Å². The van der Waals surface area contributed by atoms with Crippen LogP contribution in [0.15, 0.2) is 59.8 Å². The number of hydrogen-bond donors (Lipinski definition) is 1. The molecule has 0 aliphatic rings. The van der Waals surface area contributed by atoms with Crippen LogP contribution in [0.1, 0.15) is 0 Å². The van der Waals surface area contributed by atoms with Gasteiger partial charge < -0.3 is 15.2 Å². The fourth-order valence-electron chi connectivity index (χ4n) is 3.84. The zero-order valence-electron chi connectivity index (χ0n) is 17.7. The van der Waals surface area contributed by atoms with E-state index in [0.717, 1.165) is 27.5 Å². The Hall–Kier alpha value is -4.40. The van der Waals surface area contributed by atoms with E-state index in [9.17, 15) is 4.79 Å². The number of fused-ring (bicyclic) bond motifs is 3. The number of pyridine rings is 3. The van der Waals surface area contributed by atoms with Crippen LogP contribution in [0.4, 0.5) is 5.69 Å². The van der Waals surface area contributed by atoms with Crippen molar-refractivity contribution < 1.29 is 9.47 Å². The van der Waals surface area contributed by atoms with E-state index < -0.39 is 0 Å². The Morgan fingerprint density at radius 1 is 0.906 bits per heavy atom. The second-order valence-electron chi connectivity index (χ2n) is 7.28. The number of nitrogens with two attached hydrogens (primary N) is 1. The third kappa shape index (κ3) is 2.94. The molecule has 0 radical (unpaired) electrons. The lowest BCUT2D eigenvalue weighted by Crippen LogP contribution is -2.20. The molecule has 0 aliphatic heterocycles. The lowest BCUT2D eigenvalue weighted by Gasteiger charge is -2.09. The van der Waals surface area contributed by atoms with Gasteiger partial charge in [-0.1, -0.05) is 6.07 Å². The monoisotopic (exact) mass is 428 g/mol. The number of aryl methyl sites for hydroxylation is 1. The van der Waals surface area contributed by atoms with Crippen molar-refractivity contribution in [2.75, 3.05) is 20.0 Å². The predicted octanol–water partition coefficient (Wildman–Crippen LogP) is 2.93. The first-order chi connectivity index (χ1) is 15.5. The van der Waals surface area contributed by atoms with Crippen molar-refractivity contribution in [3.05, 3.63) is 65.5 Å². The van der Waals surface area contributed by atoms with Gasteiger partial charge in [0.2, 0.25) is 11.8 Å². The summed E-state index contributed by atoms with van der Waals surface area (Å²) in [5.41, 5.74) is 10.9. The van der Waals surface area contributed by atoms with Gasteiger partial charge in [-0.2, -0.15) is 0 Å². The molecule has 160 valence electrons. The largest absolute Gasteiger partial charge is 0.481 e. The Bertz CT molecular complexity index is 1540. The highest BCUT2D eigenvalue weighted by Gasteiger charge is 2.17. The molecule has 0 fully saturated rings. The van der Waals surface area contributed by atoms with E-state index >= 15 is 0 Å². The van der Waals surface area contributed by atoms with Gasteiger partial charge in [-0.25, -0.2) is 14.8 Å². The van der Waals surface area contributed by atoms with Gasteiger partial charge in [-0.15, -0.1) is 0 Å². The number of nitrogen functional groups attached to an aromatic ring is 1. The number of imidazole rings is 1. The first-order valence-electron chi connectivity index (χ1n) is 9.82. The Labute approximate surface area is 182 Å². The van der Waals surface area contributed by atoms with E-state index in [1.54, 1.807) is 54.0 Å². The van der Waals surface area contributed by atoms with E-state index in [-0.39, 0.29) is 5.69 Å². The SMILES string of the molecule is COc1ccc(-n2c(=O)n(C)c3cnc4ccc(-c5cnc(OC)c(N)c5)cc4c32)cn1. The number of aromatic nitrogens is 5. The average Bonchev–Trinajstić information content (AvgIpc) is 3.09. The minimum atomic E-state index is -0.193. The molecule has 0 amide bonds. The molecule has 1 aromatic carbocycles. The normalized spacial score (nSPS) is 11.2. The number of methoxy groups -OCH3 is 2. The Kier molecular flexibility index (Phi) is 4.51. The van der Waals surface area contributed by atoms with E-state index in [1.165, 1.54) is 7.11 Å². The molecule has 5 rings (SSSR count). The summed E-state index contributed by atoms with van der Waals surface area (Å²) in [7, 11) is 4.80. The van der Waals surface area contributed by atoms with Crippen LogP contribution >= 0.6 is 0 Å². The lowest BCUT2D eigenvalue weighted by atomic mass is 10.0. The standard InChI is InChI=1S/C23H20N6O3/c1-28-19-12-25-18-6-4-13(14-9-17(24)22(32-3)27-10-14)8-16(18)21(19)29(23(28)30)15-5-7-20(31-2)26-11-15/h4-12H,24H2,1-3H3. The van der Waals surface area contributed by atoms with Crippen LogP contribution in [-0.2, 0) is 7.05 Å². The van der Waals surface area contributed by atoms with Crippen LogP contribution in [0.3, 0.4) is 0 Å². The maximum absolute atomic E-state index is 13.2. The van der Waals surface area contributed by atoms with Crippen LogP contribution < -0.4 is 20.9 Å². The number of hydrogen-bond acceptors (Lipinski definition) is 7. The maximum atomic E-state index is 13.2. The second kappa shape index (κ2) is 7.38. The molecule has 9 heteroatoms. The molecule has 0 bridgehead atoms. The predicted molar refractivity (Wildman–Crippen MR) is 122 cm³/mol. The van der Waals surface area contributed by atoms with Crippen molar-refractivity contribution in [3.8, 4) is 28.6 Å². The zero-order chi connectivity index (χ0) is 22.4. The number of rotatable bonds is 4. The molecule has 4 aromatic heterocycles. The third-order valence-electron chi connectivity index (χ3n) is 5.48. The summed E-state index contributed by atoms with van der Waals surface area (Å²) in [6.45, 7) is 0. The smallest absolute Gasteiger partial charge is 0.333 e. The molecule has 32 heavy (non-hydrogen) atoms. The Morgan fingerprint density at radius 3 is 2.44 bits per heavy atom. The van der Waals surface area contributed by atoms with Crippen LogP contribution in [-0.4, -0.2) is 38.3 Å². The van der Waals surface area contributed by atoms with Crippen molar-refractivity contribution >= 4 is 27.6 Å². The van der Waals surface area contributed by atoms with Crippen LogP contribution in [0.2, 0.25) is 0 Å². The van der Waals surface area contributed by atoms with Gasteiger partial charge in [0, 0.05) is 30.3 Å². The van der Waals surface area contributed by atoms with E-state index in [4.69, 9.17) is 15.2 Å². The molecule has 0 saturated heterocycles. The second-order valence-corrected chi connectivity index (χ2v) is 7.28. The summed E-state index contributed by atoms with van der Waals surface area (Å²) in [6.07, 6.45) is 5.03. The fraction of sp³-hybridized carbons (Fsp3) is 0.130. The minimum absolute atomic E-state index is 0.193. The van der Waals surface area contributed by atoms with E-state index in [0.29, 0.717) is 28.7 Å². The molecule has 9 nitrogen and oxygen atoms in total. The van der Waals surface area contributed by atoms with Crippen LogP contribution in [0.5, 0.6) is 11.8 Å². The van der Waals surface area contributed by atoms with Crippen molar-refractivity contribution in [1.29, 1.82) is 0 Å². The molecular formula is C23H20N6O3. The highest BCUT2D eigenvalue weighted by Crippen LogP contribution is 2.31. The summed E-state index contributed by atoms with van der Waals surface area (Å²) in [5, 5.41) is 0.822. The number of benzene rings is 1. The molecule has 2 N–H and O–H groups in total. The Balaban J connectivity index is 1.79. The number of anilines is 1. The lowest BCUT2D eigenvalue weighted by molar-refractivity contribution is 0.398. The van der Waals surface area contributed by atoms with Crippen molar-refractivity contribution in [1.82, 2.24) is 24.1 Å². The summed E-state index contributed by atoms with van der Waals surface area (Å²) in [4.78, 5) is 26.2. The van der Waals surface area contributed by atoms with Gasteiger partial charge in [0.15, 0.2) is 0 Å². The molecule has 0 saturated carbocycles. The van der Waals surface area contributed by atoms with Gasteiger partial charge in [0.05, 0.1) is 54.5 Å². The average molecular weight is 428 g/mol. The highest BCUT2D eigenvalue weighted by molar-refractivity contribution is 6.04. The first kappa shape index (κ1) is 19.6. The van der Waals surface area contributed by atoms with Gasteiger partial charge in [0.25, 0.3) is 0 Å². The van der Waals surface area contributed by atoms with Crippen molar-refractivity contribution in [2.24, 2.45) is 7.05 Å². The molecule has 5 aromatic rings. The maximum Gasteiger partial charge on any atom is 0.333 e. The van der Waals surface area contributed by atoms with E-state index in [2.05, 4.69) is 15.0 Å². The van der Waals surface area contributed by atoms with Crippen molar-refractivity contribution in [2.45, 2.75) is 0 Å². The fourth-order valence-corrected chi connectivity index (χ4v) is 3.84. The van der Waals surface area contributed by atoms with Gasteiger partial charge in [0.1, 0.15) is 0 Å². The minimum Gasteiger partial charge on any atom is -0.481 e. The number of nitrogens with zero attached hydrogens (tertiary/aromatic N) is 5. The summed E-state index contributed by atoms with van der Waals surface area (Å²) in [6, 6.07) is 11.2. The molecule has 0 atom stereocenters. The molecular weight excluding hydrogens is 408 g/mol. The summed E-state index contributed by atoms with van der Waals surface area (Å²) in [5.74, 6) is 0.850. The molecule has 4 heterocycles. The number of ether oxygens (including phenoxy) is 2. The van der Waals surface area contributed by atoms with Crippen LogP contribution in [0.25, 0.3) is 38.8 Å². The zero-order valence-corrected chi connectivity index (χ0v) is 17.7. The van der Waals surface area contributed by atoms with E-state index in [1.807, 2.05) is 24.3 Å². The third-order valence-corrected chi connectivity index (χ3v) is 5.48. The van der Waals surface area contributed by atoms with Crippen molar-refractivity contribution in [3.63, 3.8) is 0 Å².